The van der Waals surface area contributed by atoms with E-state index in [0.717, 1.165) is 24.4 Å². The maximum absolute atomic E-state index is 5.94. The Balaban J connectivity index is 2.03. The molecule has 1 aromatic carbocycles. The monoisotopic (exact) mass is 288 g/mol. The summed E-state index contributed by atoms with van der Waals surface area (Å²) in [5.41, 5.74) is 7.20. The number of benzene rings is 1. The van der Waals surface area contributed by atoms with Gasteiger partial charge in [-0.3, -0.25) is 0 Å². The molecule has 2 rings (SSSR count). The fourth-order valence-corrected chi connectivity index (χ4v) is 2.44. The van der Waals surface area contributed by atoms with Crippen molar-refractivity contribution in [2.45, 2.75) is 32.7 Å². The van der Waals surface area contributed by atoms with E-state index in [1.165, 1.54) is 5.56 Å². The van der Waals surface area contributed by atoms with Crippen LogP contribution in [0.4, 0.5) is 0 Å². The highest BCUT2D eigenvalue weighted by Gasteiger charge is 2.15. The van der Waals surface area contributed by atoms with Crippen molar-refractivity contribution in [1.29, 1.82) is 0 Å². The Morgan fingerprint density at radius 2 is 1.90 bits per heavy atom. The van der Waals surface area contributed by atoms with Crippen molar-refractivity contribution in [3.63, 3.8) is 0 Å². The van der Waals surface area contributed by atoms with Gasteiger partial charge in [0.25, 0.3) is 0 Å². The summed E-state index contributed by atoms with van der Waals surface area (Å²) in [5.74, 6) is 2.25. The van der Waals surface area contributed by atoms with E-state index in [-0.39, 0.29) is 0 Å². The van der Waals surface area contributed by atoms with Crippen LogP contribution in [0.3, 0.4) is 0 Å². The number of rotatable bonds is 7. The normalized spacial score (nSPS) is 12.6. The van der Waals surface area contributed by atoms with Crippen LogP contribution in [-0.4, -0.2) is 28.4 Å². The quantitative estimate of drug-likeness (QED) is 0.848. The molecule has 0 aliphatic heterocycles. The van der Waals surface area contributed by atoms with Crippen molar-refractivity contribution in [3.8, 4) is 5.75 Å². The first-order valence-electron chi connectivity index (χ1n) is 7.35. The highest BCUT2D eigenvalue weighted by molar-refractivity contribution is 5.27. The molecule has 0 spiro atoms. The van der Waals surface area contributed by atoms with E-state index in [1.807, 2.05) is 16.8 Å². The Morgan fingerprint density at radius 3 is 2.48 bits per heavy atom. The molecule has 0 amide bonds. The van der Waals surface area contributed by atoms with E-state index in [4.69, 9.17) is 10.5 Å². The minimum Gasteiger partial charge on any atom is -0.497 e. The van der Waals surface area contributed by atoms with Crippen LogP contribution in [0.15, 0.2) is 30.6 Å². The first kappa shape index (κ1) is 15.5. The number of aromatic nitrogens is 3. The molecule has 0 radical (unpaired) electrons. The van der Waals surface area contributed by atoms with Crippen LogP contribution in [-0.2, 0) is 12.8 Å². The topological polar surface area (TPSA) is 66.0 Å². The molecule has 0 aliphatic carbocycles. The molecular weight excluding hydrogens is 264 g/mol. The summed E-state index contributed by atoms with van der Waals surface area (Å²) in [6.45, 7) is 4.86. The summed E-state index contributed by atoms with van der Waals surface area (Å²) in [6.07, 6.45) is 3.41. The van der Waals surface area contributed by atoms with Crippen LogP contribution >= 0.6 is 0 Å². The molecule has 0 fully saturated rings. The summed E-state index contributed by atoms with van der Waals surface area (Å²) in [7, 11) is 1.68. The first-order valence-corrected chi connectivity index (χ1v) is 7.35. The average molecular weight is 288 g/mol. The Kier molecular flexibility index (Phi) is 5.33. The minimum absolute atomic E-state index is 0.321. The van der Waals surface area contributed by atoms with Gasteiger partial charge in [0.2, 0.25) is 0 Å². The number of nitrogens with zero attached hydrogens (tertiary/aromatic N) is 3. The maximum atomic E-state index is 5.94. The highest BCUT2D eigenvalue weighted by atomic mass is 16.5. The third-order valence-corrected chi connectivity index (χ3v) is 3.62. The van der Waals surface area contributed by atoms with Gasteiger partial charge >= 0.3 is 0 Å². The standard InChI is InChI=1S/C16H24N4O/c1-12(2)20-16(18-11-19-20)9-14(10-17)8-13-4-6-15(21-3)7-5-13/h4-7,11-12,14H,8-10,17H2,1-3H3. The Bertz CT molecular complexity index is 548. The lowest BCUT2D eigenvalue weighted by Crippen LogP contribution is -2.22. The summed E-state index contributed by atoms with van der Waals surface area (Å²) >= 11 is 0. The van der Waals surface area contributed by atoms with Gasteiger partial charge in [-0.25, -0.2) is 9.67 Å². The van der Waals surface area contributed by atoms with Gasteiger partial charge in [0, 0.05) is 12.5 Å². The Labute approximate surface area is 126 Å². The van der Waals surface area contributed by atoms with Gasteiger partial charge in [0.15, 0.2) is 0 Å². The molecule has 1 aromatic heterocycles. The van der Waals surface area contributed by atoms with Gasteiger partial charge in [0.05, 0.1) is 7.11 Å². The van der Waals surface area contributed by atoms with Crippen LogP contribution in [0.1, 0.15) is 31.3 Å². The number of ether oxygens (including phenoxy) is 1. The molecule has 2 N–H and O–H groups in total. The molecule has 1 heterocycles. The molecule has 0 saturated carbocycles. The van der Waals surface area contributed by atoms with Crippen molar-refractivity contribution < 1.29 is 4.74 Å². The van der Waals surface area contributed by atoms with Gasteiger partial charge in [-0.2, -0.15) is 5.10 Å². The second-order valence-corrected chi connectivity index (χ2v) is 5.57. The van der Waals surface area contributed by atoms with Crippen LogP contribution in [0.5, 0.6) is 5.75 Å². The third kappa shape index (κ3) is 4.04. The third-order valence-electron chi connectivity index (χ3n) is 3.62. The SMILES string of the molecule is COc1ccc(CC(CN)Cc2ncnn2C(C)C)cc1. The van der Waals surface area contributed by atoms with E-state index >= 15 is 0 Å². The van der Waals surface area contributed by atoms with Gasteiger partial charge in [0.1, 0.15) is 17.9 Å². The zero-order chi connectivity index (χ0) is 15.2. The van der Waals surface area contributed by atoms with Gasteiger partial charge < -0.3 is 10.5 Å². The largest absolute Gasteiger partial charge is 0.497 e. The fraction of sp³-hybridized carbons (Fsp3) is 0.500. The van der Waals surface area contributed by atoms with Crippen LogP contribution in [0.25, 0.3) is 0 Å². The van der Waals surface area contributed by atoms with Crippen molar-refractivity contribution in [1.82, 2.24) is 14.8 Å². The molecule has 0 saturated heterocycles. The highest BCUT2D eigenvalue weighted by Crippen LogP contribution is 2.17. The van der Waals surface area contributed by atoms with Crippen LogP contribution < -0.4 is 10.5 Å². The number of hydrogen-bond donors (Lipinski definition) is 1. The fourth-order valence-electron chi connectivity index (χ4n) is 2.44. The summed E-state index contributed by atoms with van der Waals surface area (Å²) in [6, 6.07) is 8.48. The van der Waals surface area contributed by atoms with Crippen LogP contribution in [0.2, 0.25) is 0 Å². The summed E-state index contributed by atoms with van der Waals surface area (Å²) in [4.78, 5) is 4.37. The van der Waals surface area contributed by atoms with Crippen molar-refractivity contribution in [3.05, 3.63) is 42.0 Å². The van der Waals surface area contributed by atoms with Crippen molar-refractivity contribution in [2.24, 2.45) is 11.7 Å². The van der Waals surface area contributed by atoms with E-state index in [1.54, 1.807) is 13.4 Å². The number of hydrogen-bond acceptors (Lipinski definition) is 4. The first-order chi connectivity index (χ1) is 10.1. The summed E-state index contributed by atoms with van der Waals surface area (Å²) < 4.78 is 7.15. The molecular formula is C16H24N4O. The van der Waals surface area contributed by atoms with E-state index in [9.17, 15) is 0 Å². The molecule has 5 nitrogen and oxygen atoms in total. The van der Waals surface area contributed by atoms with E-state index in [0.29, 0.717) is 18.5 Å². The van der Waals surface area contributed by atoms with Crippen molar-refractivity contribution >= 4 is 0 Å². The Morgan fingerprint density at radius 1 is 1.19 bits per heavy atom. The predicted molar refractivity (Wildman–Crippen MR) is 83.4 cm³/mol. The lowest BCUT2D eigenvalue weighted by molar-refractivity contribution is 0.414. The smallest absolute Gasteiger partial charge is 0.138 e. The van der Waals surface area contributed by atoms with Gasteiger partial charge in [-0.15, -0.1) is 0 Å². The Hall–Kier alpha value is -1.88. The molecule has 0 aliphatic rings. The van der Waals surface area contributed by atoms with E-state index in [2.05, 4.69) is 36.1 Å². The van der Waals surface area contributed by atoms with Crippen molar-refractivity contribution in [2.75, 3.05) is 13.7 Å². The van der Waals surface area contributed by atoms with E-state index < -0.39 is 0 Å². The van der Waals surface area contributed by atoms with Gasteiger partial charge in [-0.1, -0.05) is 12.1 Å². The van der Waals surface area contributed by atoms with Crippen LogP contribution in [0, 0.1) is 5.92 Å². The number of nitrogens with two attached hydrogens (primary N) is 1. The molecule has 114 valence electrons. The second kappa shape index (κ2) is 7.22. The maximum Gasteiger partial charge on any atom is 0.138 e. The summed E-state index contributed by atoms with van der Waals surface area (Å²) in [5, 5.41) is 4.28. The average Bonchev–Trinajstić information content (AvgIpc) is 2.95. The lowest BCUT2D eigenvalue weighted by atomic mass is 9.96. The van der Waals surface area contributed by atoms with Gasteiger partial charge in [-0.05, 0) is 50.4 Å². The molecule has 1 atom stereocenters. The minimum atomic E-state index is 0.321. The lowest BCUT2D eigenvalue weighted by Gasteiger charge is -2.16. The number of methoxy groups -OCH3 is 1. The molecule has 0 bridgehead atoms. The molecule has 5 heteroatoms. The molecule has 1 unspecified atom stereocenters. The zero-order valence-corrected chi connectivity index (χ0v) is 13.0. The second-order valence-electron chi connectivity index (χ2n) is 5.57. The zero-order valence-electron chi connectivity index (χ0n) is 13.0. The molecule has 21 heavy (non-hydrogen) atoms. The molecule has 2 aromatic rings. The predicted octanol–water partition coefficient (Wildman–Crippen LogP) is 2.23.